The van der Waals surface area contributed by atoms with Gasteiger partial charge in [-0.1, -0.05) is 0 Å². The maximum atomic E-state index is 11.5. The Balaban J connectivity index is 2.10. The van der Waals surface area contributed by atoms with Crippen LogP contribution in [0.5, 0.6) is 0 Å². The number of nitrogens with one attached hydrogen (secondary N) is 2. The van der Waals surface area contributed by atoms with E-state index in [-0.39, 0.29) is 17.9 Å². The van der Waals surface area contributed by atoms with Gasteiger partial charge in [0.1, 0.15) is 11.9 Å². The molecule has 0 aliphatic carbocycles. The zero-order chi connectivity index (χ0) is 11.5. The zero-order valence-corrected chi connectivity index (χ0v) is 9.16. The van der Waals surface area contributed by atoms with Crippen LogP contribution >= 0.6 is 0 Å². The summed E-state index contributed by atoms with van der Waals surface area (Å²) in [4.78, 5) is 19.5. The minimum atomic E-state index is -0.220. The van der Waals surface area contributed by atoms with Crippen molar-refractivity contribution in [3.8, 4) is 0 Å². The molecular formula is C10H15N5O. The van der Waals surface area contributed by atoms with E-state index in [1.165, 1.54) is 0 Å². The molecule has 2 heterocycles. The molecule has 6 heteroatoms. The number of rotatable bonds is 2. The quantitative estimate of drug-likeness (QED) is 0.656. The molecule has 1 fully saturated rings. The molecule has 1 aromatic heterocycles. The average molecular weight is 221 g/mol. The van der Waals surface area contributed by atoms with E-state index in [0.717, 1.165) is 25.1 Å². The van der Waals surface area contributed by atoms with Crippen molar-refractivity contribution in [1.82, 2.24) is 15.3 Å². The second-order valence-corrected chi connectivity index (χ2v) is 3.88. The maximum Gasteiger partial charge on any atom is 0.242 e. The fourth-order valence-corrected chi connectivity index (χ4v) is 1.75. The van der Waals surface area contributed by atoms with Crippen molar-refractivity contribution < 1.29 is 4.79 Å². The Morgan fingerprint density at radius 1 is 1.56 bits per heavy atom. The number of hydrogen-bond acceptors (Lipinski definition) is 5. The Kier molecular flexibility index (Phi) is 2.89. The van der Waals surface area contributed by atoms with Gasteiger partial charge < -0.3 is 16.4 Å². The number of anilines is 2. The van der Waals surface area contributed by atoms with Gasteiger partial charge in [-0.15, -0.1) is 0 Å². The first-order valence-electron chi connectivity index (χ1n) is 5.30. The molecule has 0 spiro atoms. The number of piperidine rings is 1. The van der Waals surface area contributed by atoms with Crippen LogP contribution in [-0.2, 0) is 4.79 Å². The fourth-order valence-electron chi connectivity index (χ4n) is 1.75. The third-order valence-electron chi connectivity index (χ3n) is 2.48. The largest absolute Gasteiger partial charge is 0.368 e. The second kappa shape index (κ2) is 4.34. The van der Waals surface area contributed by atoms with Crippen LogP contribution in [0.2, 0.25) is 0 Å². The summed E-state index contributed by atoms with van der Waals surface area (Å²) >= 11 is 0. The lowest BCUT2D eigenvalue weighted by Crippen LogP contribution is -2.44. The molecule has 1 amide bonds. The lowest BCUT2D eigenvalue weighted by molar-refractivity contribution is -0.123. The minimum absolute atomic E-state index is 0.0149. The SMILES string of the molecule is Cc1cc(NC2CCCNC2=O)nc(N)n1. The highest BCUT2D eigenvalue weighted by Crippen LogP contribution is 2.12. The van der Waals surface area contributed by atoms with Gasteiger partial charge in [0.15, 0.2) is 0 Å². The summed E-state index contributed by atoms with van der Waals surface area (Å²) in [6.07, 6.45) is 1.79. The molecule has 86 valence electrons. The van der Waals surface area contributed by atoms with Crippen molar-refractivity contribution in [1.29, 1.82) is 0 Å². The standard InChI is InChI=1S/C10H15N5O/c1-6-5-8(15-10(11)13-6)14-7-3-2-4-12-9(7)16/h5,7H,2-4H2,1H3,(H,12,16)(H3,11,13,14,15). The van der Waals surface area contributed by atoms with Crippen molar-refractivity contribution in [3.05, 3.63) is 11.8 Å². The number of aromatic nitrogens is 2. The first-order valence-corrected chi connectivity index (χ1v) is 5.30. The summed E-state index contributed by atoms with van der Waals surface area (Å²) in [5.41, 5.74) is 6.32. The van der Waals surface area contributed by atoms with Gasteiger partial charge in [0, 0.05) is 18.3 Å². The average Bonchev–Trinajstić information content (AvgIpc) is 2.20. The van der Waals surface area contributed by atoms with Gasteiger partial charge in [0.05, 0.1) is 0 Å². The smallest absolute Gasteiger partial charge is 0.242 e. The van der Waals surface area contributed by atoms with Gasteiger partial charge >= 0.3 is 0 Å². The van der Waals surface area contributed by atoms with Crippen molar-refractivity contribution >= 4 is 17.7 Å². The molecule has 1 aliphatic rings. The molecule has 1 unspecified atom stereocenters. The van der Waals surface area contributed by atoms with E-state index < -0.39 is 0 Å². The van der Waals surface area contributed by atoms with E-state index in [1.807, 2.05) is 6.92 Å². The first-order chi connectivity index (χ1) is 7.65. The molecule has 1 aromatic rings. The Bertz CT molecular complexity index is 386. The molecule has 1 aliphatic heterocycles. The van der Waals surface area contributed by atoms with Gasteiger partial charge in [0.2, 0.25) is 11.9 Å². The van der Waals surface area contributed by atoms with Crippen molar-refractivity contribution in [2.24, 2.45) is 0 Å². The molecule has 0 saturated carbocycles. The number of nitrogens with two attached hydrogens (primary N) is 1. The van der Waals surface area contributed by atoms with E-state index in [9.17, 15) is 4.79 Å². The topological polar surface area (TPSA) is 92.9 Å². The molecule has 2 rings (SSSR count). The molecule has 1 atom stereocenters. The van der Waals surface area contributed by atoms with Crippen LogP contribution < -0.4 is 16.4 Å². The van der Waals surface area contributed by atoms with E-state index >= 15 is 0 Å². The highest BCUT2D eigenvalue weighted by molar-refractivity contribution is 5.85. The van der Waals surface area contributed by atoms with Gasteiger partial charge in [-0.3, -0.25) is 4.79 Å². The van der Waals surface area contributed by atoms with Crippen LogP contribution in [-0.4, -0.2) is 28.5 Å². The highest BCUT2D eigenvalue weighted by atomic mass is 16.2. The van der Waals surface area contributed by atoms with E-state index in [0.29, 0.717) is 5.82 Å². The Hall–Kier alpha value is -1.85. The van der Waals surface area contributed by atoms with Gasteiger partial charge in [-0.05, 0) is 19.8 Å². The van der Waals surface area contributed by atoms with E-state index in [4.69, 9.17) is 5.73 Å². The Morgan fingerprint density at radius 2 is 2.38 bits per heavy atom. The van der Waals surface area contributed by atoms with Crippen LogP contribution in [0.15, 0.2) is 6.07 Å². The Morgan fingerprint density at radius 3 is 3.06 bits per heavy atom. The van der Waals surface area contributed by atoms with Gasteiger partial charge in [-0.25, -0.2) is 4.98 Å². The van der Waals surface area contributed by atoms with Gasteiger partial charge in [-0.2, -0.15) is 4.98 Å². The summed E-state index contributed by atoms with van der Waals surface area (Å²) in [7, 11) is 0. The number of hydrogen-bond donors (Lipinski definition) is 3. The molecule has 1 saturated heterocycles. The molecule has 16 heavy (non-hydrogen) atoms. The molecule has 4 N–H and O–H groups in total. The van der Waals surface area contributed by atoms with Crippen LogP contribution in [0.3, 0.4) is 0 Å². The predicted molar refractivity (Wildman–Crippen MR) is 60.8 cm³/mol. The van der Waals surface area contributed by atoms with E-state index in [2.05, 4.69) is 20.6 Å². The number of amides is 1. The number of carbonyl (C=O) groups is 1. The van der Waals surface area contributed by atoms with Crippen molar-refractivity contribution in [2.45, 2.75) is 25.8 Å². The summed E-state index contributed by atoms with van der Waals surface area (Å²) < 4.78 is 0. The lowest BCUT2D eigenvalue weighted by Gasteiger charge is -2.23. The number of nitrogens with zero attached hydrogens (tertiary/aromatic N) is 2. The first kappa shape index (κ1) is 10.7. The number of carbonyl (C=O) groups excluding carboxylic acids is 1. The maximum absolute atomic E-state index is 11.5. The fraction of sp³-hybridized carbons (Fsp3) is 0.500. The molecule has 6 nitrogen and oxygen atoms in total. The minimum Gasteiger partial charge on any atom is -0.368 e. The monoisotopic (exact) mass is 221 g/mol. The van der Waals surface area contributed by atoms with Crippen LogP contribution in [0.4, 0.5) is 11.8 Å². The zero-order valence-electron chi connectivity index (χ0n) is 9.16. The van der Waals surface area contributed by atoms with Crippen LogP contribution in [0.1, 0.15) is 18.5 Å². The summed E-state index contributed by atoms with van der Waals surface area (Å²) in [5, 5.41) is 5.87. The third-order valence-corrected chi connectivity index (χ3v) is 2.48. The second-order valence-electron chi connectivity index (χ2n) is 3.88. The summed E-state index contributed by atoms with van der Waals surface area (Å²) in [6, 6.07) is 1.56. The molecule has 0 bridgehead atoms. The third kappa shape index (κ3) is 2.39. The highest BCUT2D eigenvalue weighted by Gasteiger charge is 2.21. The van der Waals surface area contributed by atoms with Gasteiger partial charge in [0.25, 0.3) is 0 Å². The van der Waals surface area contributed by atoms with Crippen LogP contribution in [0, 0.1) is 6.92 Å². The molecule has 0 aromatic carbocycles. The van der Waals surface area contributed by atoms with Crippen molar-refractivity contribution in [2.75, 3.05) is 17.6 Å². The van der Waals surface area contributed by atoms with Crippen LogP contribution in [0.25, 0.3) is 0 Å². The number of nitrogen functional groups attached to an aromatic ring is 1. The normalized spacial score (nSPS) is 20.3. The lowest BCUT2D eigenvalue weighted by atomic mass is 10.1. The predicted octanol–water partition coefficient (Wildman–Crippen LogP) is 0.0577. The Labute approximate surface area is 93.7 Å². The summed E-state index contributed by atoms with van der Waals surface area (Å²) in [6.45, 7) is 2.59. The van der Waals surface area contributed by atoms with E-state index in [1.54, 1.807) is 6.07 Å². The molecular weight excluding hydrogens is 206 g/mol. The molecule has 0 radical (unpaired) electrons. The number of aryl methyl sites for hydroxylation is 1. The van der Waals surface area contributed by atoms with Crippen molar-refractivity contribution in [3.63, 3.8) is 0 Å². The summed E-state index contributed by atoms with van der Waals surface area (Å²) in [5.74, 6) is 0.840.